The molecule has 1 unspecified atom stereocenters. The zero-order valence-electron chi connectivity index (χ0n) is 13.3. The normalized spacial score (nSPS) is 17.7. The fourth-order valence-corrected chi connectivity index (χ4v) is 2.55. The Labute approximate surface area is 122 Å². The summed E-state index contributed by atoms with van der Waals surface area (Å²) in [6, 6.07) is 0.356. The first-order valence-corrected chi connectivity index (χ1v) is 7.81. The average Bonchev–Trinajstić information content (AvgIpc) is 3.03. The molecule has 1 saturated heterocycles. The molecule has 0 amide bonds. The Hall–Kier alpha value is -1.10. The minimum atomic E-state index is 0.178. The zero-order chi connectivity index (χ0) is 14.6. The Balaban J connectivity index is 1.99. The molecule has 1 aliphatic rings. The minimum Gasteiger partial charge on any atom is -0.338 e. The molecule has 0 radical (unpaired) electrons. The van der Waals surface area contributed by atoms with Crippen LogP contribution in [0.5, 0.6) is 0 Å². The lowest BCUT2D eigenvalue weighted by Gasteiger charge is -2.30. The summed E-state index contributed by atoms with van der Waals surface area (Å²) in [5.74, 6) is 1.51. The third-order valence-corrected chi connectivity index (χ3v) is 3.91. The van der Waals surface area contributed by atoms with E-state index in [0.29, 0.717) is 6.04 Å². The first-order chi connectivity index (χ1) is 9.50. The van der Waals surface area contributed by atoms with Crippen LogP contribution in [0.15, 0.2) is 4.52 Å². The lowest BCUT2D eigenvalue weighted by molar-refractivity contribution is 0.244. The second-order valence-corrected chi connectivity index (χ2v) is 6.76. The van der Waals surface area contributed by atoms with E-state index < -0.39 is 0 Å². The Kier molecular flexibility index (Phi) is 5.02. The van der Waals surface area contributed by atoms with E-state index in [1.807, 2.05) is 0 Å². The first-order valence-electron chi connectivity index (χ1n) is 7.81. The predicted molar refractivity (Wildman–Crippen MR) is 81.0 cm³/mol. The molecule has 5 nitrogen and oxygen atoms in total. The SMILES string of the molecule is CCCNC(Cc1nc(N2CCCC2)no1)C(C)(C)C. The molecule has 114 valence electrons. The van der Waals surface area contributed by atoms with Gasteiger partial charge in [-0.3, -0.25) is 0 Å². The summed E-state index contributed by atoms with van der Waals surface area (Å²) in [4.78, 5) is 6.77. The maximum atomic E-state index is 5.44. The molecule has 20 heavy (non-hydrogen) atoms. The number of aromatic nitrogens is 2. The minimum absolute atomic E-state index is 0.178. The van der Waals surface area contributed by atoms with Gasteiger partial charge in [-0.05, 0) is 36.4 Å². The summed E-state index contributed by atoms with van der Waals surface area (Å²) in [6.07, 6.45) is 4.39. The molecule has 0 aromatic carbocycles. The Morgan fingerprint density at radius 1 is 1.30 bits per heavy atom. The van der Waals surface area contributed by atoms with Gasteiger partial charge in [0.1, 0.15) is 0 Å². The third kappa shape index (κ3) is 3.95. The quantitative estimate of drug-likeness (QED) is 0.868. The summed E-state index contributed by atoms with van der Waals surface area (Å²) in [5.41, 5.74) is 0.178. The number of nitrogens with one attached hydrogen (secondary N) is 1. The van der Waals surface area contributed by atoms with Gasteiger partial charge in [-0.1, -0.05) is 27.7 Å². The maximum Gasteiger partial charge on any atom is 0.266 e. The summed E-state index contributed by atoms with van der Waals surface area (Å²) < 4.78 is 5.44. The van der Waals surface area contributed by atoms with Crippen LogP contribution in [-0.2, 0) is 6.42 Å². The van der Waals surface area contributed by atoms with Crippen LogP contribution >= 0.6 is 0 Å². The van der Waals surface area contributed by atoms with Crippen LogP contribution in [0.1, 0.15) is 52.8 Å². The van der Waals surface area contributed by atoms with Crippen molar-refractivity contribution in [3.63, 3.8) is 0 Å². The molecule has 0 bridgehead atoms. The lowest BCUT2D eigenvalue weighted by atomic mass is 9.84. The number of anilines is 1. The highest BCUT2D eigenvalue weighted by molar-refractivity contribution is 5.28. The van der Waals surface area contributed by atoms with Gasteiger partial charge in [0.15, 0.2) is 0 Å². The second-order valence-electron chi connectivity index (χ2n) is 6.76. The van der Waals surface area contributed by atoms with E-state index in [0.717, 1.165) is 44.3 Å². The largest absolute Gasteiger partial charge is 0.338 e. The van der Waals surface area contributed by atoms with Crippen molar-refractivity contribution in [2.24, 2.45) is 5.41 Å². The van der Waals surface area contributed by atoms with Crippen molar-refractivity contribution < 1.29 is 4.52 Å². The summed E-state index contributed by atoms with van der Waals surface area (Å²) in [5, 5.41) is 7.72. The molecule has 1 aromatic rings. The van der Waals surface area contributed by atoms with Gasteiger partial charge in [0, 0.05) is 25.6 Å². The molecule has 0 spiro atoms. The fourth-order valence-electron chi connectivity index (χ4n) is 2.55. The maximum absolute atomic E-state index is 5.44. The Morgan fingerprint density at radius 2 is 2.00 bits per heavy atom. The summed E-state index contributed by atoms with van der Waals surface area (Å²) in [7, 11) is 0. The fraction of sp³-hybridized carbons (Fsp3) is 0.867. The Bertz CT molecular complexity index is 404. The monoisotopic (exact) mass is 280 g/mol. The van der Waals surface area contributed by atoms with Gasteiger partial charge in [0.25, 0.3) is 5.95 Å². The van der Waals surface area contributed by atoms with Crippen molar-refractivity contribution in [3.05, 3.63) is 5.89 Å². The van der Waals surface area contributed by atoms with Crippen molar-refractivity contribution >= 4 is 5.95 Å². The summed E-state index contributed by atoms with van der Waals surface area (Å²) in [6.45, 7) is 12.1. The zero-order valence-corrected chi connectivity index (χ0v) is 13.3. The van der Waals surface area contributed by atoms with E-state index in [2.05, 4.69) is 48.1 Å². The second kappa shape index (κ2) is 6.57. The van der Waals surface area contributed by atoms with E-state index >= 15 is 0 Å². The molecule has 1 aliphatic heterocycles. The number of hydrogen-bond donors (Lipinski definition) is 1. The van der Waals surface area contributed by atoms with Gasteiger partial charge in [0.2, 0.25) is 5.89 Å². The standard InChI is InChI=1S/C15H28N4O/c1-5-8-16-12(15(2,3)4)11-13-17-14(18-20-13)19-9-6-7-10-19/h12,16H,5-11H2,1-4H3. The van der Waals surface area contributed by atoms with Gasteiger partial charge in [-0.15, -0.1) is 0 Å². The van der Waals surface area contributed by atoms with Gasteiger partial charge >= 0.3 is 0 Å². The van der Waals surface area contributed by atoms with Gasteiger partial charge in [-0.2, -0.15) is 4.98 Å². The lowest BCUT2D eigenvalue weighted by Crippen LogP contribution is -2.42. The number of nitrogens with zero attached hydrogens (tertiary/aromatic N) is 3. The number of rotatable bonds is 6. The highest BCUT2D eigenvalue weighted by atomic mass is 16.5. The van der Waals surface area contributed by atoms with Crippen LogP contribution in [0.25, 0.3) is 0 Å². The molecule has 0 aliphatic carbocycles. The molecule has 5 heteroatoms. The van der Waals surface area contributed by atoms with Gasteiger partial charge < -0.3 is 14.7 Å². The molecule has 1 atom stereocenters. The van der Waals surface area contributed by atoms with Crippen molar-refractivity contribution in [2.75, 3.05) is 24.5 Å². The van der Waals surface area contributed by atoms with Crippen molar-refractivity contribution in [1.29, 1.82) is 0 Å². The molecule has 2 heterocycles. The van der Waals surface area contributed by atoms with Gasteiger partial charge in [-0.25, -0.2) is 0 Å². The average molecular weight is 280 g/mol. The van der Waals surface area contributed by atoms with Crippen molar-refractivity contribution in [2.45, 2.75) is 59.4 Å². The summed E-state index contributed by atoms with van der Waals surface area (Å²) >= 11 is 0. The first kappa shape index (κ1) is 15.3. The van der Waals surface area contributed by atoms with Crippen LogP contribution in [0.2, 0.25) is 0 Å². The molecule has 1 aromatic heterocycles. The molecule has 0 saturated carbocycles. The van der Waals surface area contributed by atoms with Crippen molar-refractivity contribution in [3.8, 4) is 0 Å². The van der Waals surface area contributed by atoms with E-state index in [1.165, 1.54) is 12.8 Å². The highest BCUT2D eigenvalue weighted by Gasteiger charge is 2.27. The third-order valence-electron chi connectivity index (χ3n) is 3.91. The Morgan fingerprint density at radius 3 is 2.60 bits per heavy atom. The molecular weight excluding hydrogens is 252 g/mol. The molecule has 1 N–H and O–H groups in total. The predicted octanol–water partition coefficient (Wildman–Crippen LogP) is 2.63. The van der Waals surface area contributed by atoms with Crippen LogP contribution in [-0.4, -0.2) is 35.8 Å². The van der Waals surface area contributed by atoms with Gasteiger partial charge in [0.05, 0.1) is 0 Å². The van der Waals surface area contributed by atoms with Crippen LogP contribution < -0.4 is 10.2 Å². The topological polar surface area (TPSA) is 54.2 Å². The van der Waals surface area contributed by atoms with E-state index in [9.17, 15) is 0 Å². The van der Waals surface area contributed by atoms with Crippen LogP contribution in [0.3, 0.4) is 0 Å². The number of hydrogen-bond acceptors (Lipinski definition) is 5. The van der Waals surface area contributed by atoms with E-state index in [1.54, 1.807) is 0 Å². The van der Waals surface area contributed by atoms with Crippen LogP contribution in [0.4, 0.5) is 5.95 Å². The molecular formula is C15H28N4O. The van der Waals surface area contributed by atoms with E-state index in [4.69, 9.17) is 4.52 Å². The molecule has 1 fully saturated rings. The van der Waals surface area contributed by atoms with Crippen LogP contribution in [0, 0.1) is 5.41 Å². The molecule has 2 rings (SSSR count). The highest BCUT2D eigenvalue weighted by Crippen LogP contribution is 2.23. The smallest absolute Gasteiger partial charge is 0.266 e. The van der Waals surface area contributed by atoms with Crippen molar-refractivity contribution in [1.82, 2.24) is 15.5 Å². The van der Waals surface area contributed by atoms with E-state index in [-0.39, 0.29) is 5.41 Å².